The number of esters is 2. The maximum absolute atomic E-state index is 12.5. The van der Waals surface area contributed by atoms with E-state index in [9.17, 15) is 9.59 Å². The molecule has 0 saturated heterocycles. The fourth-order valence-corrected chi connectivity index (χ4v) is 3.70. The Morgan fingerprint density at radius 1 is 0.931 bits per heavy atom. The molecule has 0 aliphatic rings. The Kier molecular flexibility index (Phi) is 4.84. The first-order valence-electron chi connectivity index (χ1n) is 9.52. The molecule has 0 atom stereocenters. The zero-order valence-electron chi connectivity index (χ0n) is 16.6. The molecule has 29 heavy (non-hydrogen) atoms. The Bertz CT molecular complexity index is 1220. The Hall–Kier alpha value is -3.54. The zero-order valence-corrected chi connectivity index (χ0v) is 16.6. The lowest BCUT2D eigenvalue weighted by molar-refractivity contribution is 0.0465. The van der Waals surface area contributed by atoms with E-state index in [0.29, 0.717) is 18.0 Å². The van der Waals surface area contributed by atoms with E-state index in [1.165, 1.54) is 0 Å². The maximum Gasteiger partial charge on any atom is 0.355 e. The number of benzene rings is 2. The number of hydrogen-bond acceptors (Lipinski definition) is 4. The van der Waals surface area contributed by atoms with Gasteiger partial charge in [-0.25, -0.2) is 9.59 Å². The van der Waals surface area contributed by atoms with Crippen molar-refractivity contribution in [3.63, 3.8) is 0 Å². The smallest absolute Gasteiger partial charge is 0.355 e. The third kappa shape index (κ3) is 3.38. The van der Waals surface area contributed by atoms with Crippen molar-refractivity contribution >= 4 is 33.7 Å². The van der Waals surface area contributed by atoms with Crippen LogP contribution in [0.15, 0.2) is 42.5 Å². The maximum atomic E-state index is 12.5. The quantitative estimate of drug-likeness (QED) is 0.480. The second-order valence-corrected chi connectivity index (χ2v) is 6.98. The number of aryl methyl sites for hydroxylation is 2. The minimum atomic E-state index is -0.406. The van der Waals surface area contributed by atoms with Crippen molar-refractivity contribution in [1.82, 2.24) is 9.97 Å². The Morgan fingerprint density at radius 2 is 1.69 bits per heavy atom. The molecular formula is C23H22N2O4. The highest BCUT2D eigenvalue weighted by Crippen LogP contribution is 2.32. The molecule has 0 aliphatic carbocycles. The summed E-state index contributed by atoms with van der Waals surface area (Å²) in [5.74, 6) is -0.772. The minimum absolute atomic E-state index is 0.219. The fourth-order valence-electron chi connectivity index (χ4n) is 3.70. The molecule has 0 bridgehead atoms. The topological polar surface area (TPSA) is 84.2 Å². The van der Waals surface area contributed by atoms with E-state index >= 15 is 0 Å². The van der Waals surface area contributed by atoms with Crippen LogP contribution in [-0.2, 0) is 16.1 Å². The Labute approximate surface area is 167 Å². The van der Waals surface area contributed by atoms with Crippen molar-refractivity contribution in [2.75, 3.05) is 6.61 Å². The molecule has 148 valence electrons. The van der Waals surface area contributed by atoms with Gasteiger partial charge in [0.25, 0.3) is 0 Å². The molecule has 0 amide bonds. The van der Waals surface area contributed by atoms with Crippen LogP contribution in [0.2, 0.25) is 0 Å². The van der Waals surface area contributed by atoms with Crippen molar-refractivity contribution in [3.05, 3.63) is 70.5 Å². The minimum Gasteiger partial charge on any atom is -0.461 e. The lowest BCUT2D eigenvalue weighted by Gasteiger charge is -2.03. The number of ether oxygens (including phenoxy) is 2. The van der Waals surface area contributed by atoms with Gasteiger partial charge in [0.05, 0.1) is 6.61 Å². The van der Waals surface area contributed by atoms with Gasteiger partial charge in [-0.1, -0.05) is 30.3 Å². The first kappa shape index (κ1) is 18.8. The first-order chi connectivity index (χ1) is 14.0. The number of fused-ring (bicyclic) bond motifs is 2. The van der Waals surface area contributed by atoms with Gasteiger partial charge in [-0.3, -0.25) is 0 Å². The van der Waals surface area contributed by atoms with Gasteiger partial charge in [-0.2, -0.15) is 0 Å². The van der Waals surface area contributed by atoms with E-state index in [4.69, 9.17) is 9.47 Å². The van der Waals surface area contributed by atoms with Crippen LogP contribution >= 0.6 is 0 Å². The molecular weight excluding hydrogens is 368 g/mol. The number of H-pyrrole nitrogens is 2. The number of carbonyl (C=O) groups is 2. The monoisotopic (exact) mass is 390 g/mol. The van der Waals surface area contributed by atoms with E-state index in [2.05, 4.69) is 9.97 Å². The van der Waals surface area contributed by atoms with Gasteiger partial charge >= 0.3 is 11.9 Å². The van der Waals surface area contributed by atoms with Gasteiger partial charge in [-0.05, 0) is 49.6 Å². The molecule has 0 spiro atoms. The number of aromatic amines is 2. The standard InChI is InChI=1S/C23H22N2O4/c1-4-28-23(27)21-14(3)19-13(2)20-16(10-17(19)24-21)11-18(25-20)22(26)29-12-15-8-6-5-7-9-15/h5-11,24-25H,4,12H2,1-3H3. The third-order valence-electron chi connectivity index (χ3n) is 5.09. The summed E-state index contributed by atoms with van der Waals surface area (Å²) in [6.45, 7) is 6.18. The fraction of sp³-hybridized carbons (Fsp3) is 0.217. The molecule has 0 fully saturated rings. The number of hydrogen-bond donors (Lipinski definition) is 2. The van der Waals surface area contributed by atoms with E-state index < -0.39 is 5.97 Å². The van der Waals surface area contributed by atoms with Gasteiger partial charge in [-0.15, -0.1) is 0 Å². The average Bonchev–Trinajstić information content (AvgIpc) is 3.29. The Balaban J connectivity index is 1.67. The van der Waals surface area contributed by atoms with Crippen molar-refractivity contribution in [2.24, 2.45) is 0 Å². The molecule has 4 aromatic rings. The number of aromatic nitrogens is 2. The van der Waals surface area contributed by atoms with E-state index in [1.807, 2.05) is 50.2 Å². The molecule has 2 heterocycles. The van der Waals surface area contributed by atoms with Crippen LogP contribution in [0.25, 0.3) is 21.8 Å². The normalized spacial score (nSPS) is 11.1. The third-order valence-corrected chi connectivity index (χ3v) is 5.09. The number of carbonyl (C=O) groups excluding carboxylic acids is 2. The number of nitrogens with one attached hydrogen (secondary N) is 2. The average molecular weight is 390 g/mol. The first-order valence-corrected chi connectivity index (χ1v) is 9.52. The van der Waals surface area contributed by atoms with Gasteiger partial charge < -0.3 is 19.4 Å². The molecule has 6 nitrogen and oxygen atoms in total. The summed E-state index contributed by atoms with van der Waals surface area (Å²) in [6.07, 6.45) is 0. The van der Waals surface area contributed by atoms with Gasteiger partial charge in [0.1, 0.15) is 18.0 Å². The summed E-state index contributed by atoms with van der Waals surface area (Å²) in [5.41, 5.74) is 5.27. The van der Waals surface area contributed by atoms with Crippen LogP contribution in [0.1, 0.15) is 44.6 Å². The van der Waals surface area contributed by atoms with Gasteiger partial charge in [0, 0.05) is 21.8 Å². The summed E-state index contributed by atoms with van der Waals surface area (Å²) in [6, 6.07) is 13.3. The molecule has 2 aromatic carbocycles. The zero-order chi connectivity index (χ0) is 20.5. The van der Waals surface area contributed by atoms with E-state index in [-0.39, 0.29) is 12.6 Å². The SMILES string of the molecule is CCOC(=O)c1[nH]c2cc3cc(C(=O)OCc4ccccc4)[nH]c3c(C)c2c1C. The lowest BCUT2D eigenvalue weighted by Crippen LogP contribution is -2.06. The molecule has 0 radical (unpaired) electrons. The molecule has 6 heteroatoms. The van der Waals surface area contributed by atoms with Crippen molar-refractivity contribution in [3.8, 4) is 0 Å². The van der Waals surface area contributed by atoms with Crippen molar-refractivity contribution in [1.29, 1.82) is 0 Å². The molecule has 4 rings (SSSR count). The largest absolute Gasteiger partial charge is 0.461 e. The van der Waals surface area contributed by atoms with E-state index in [0.717, 1.165) is 38.5 Å². The highest BCUT2D eigenvalue weighted by Gasteiger charge is 2.20. The summed E-state index contributed by atoms with van der Waals surface area (Å²) < 4.78 is 10.6. The Morgan fingerprint density at radius 3 is 2.41 bits per heavy atom. The van der Waals surface area contributed by atoms with Crippen LogP contribution < -0.4 is 0 Å². The molecule has 0 saturated carbocycles. The summed E-state index contributed by atoms with van der Waals surface area (Å²) >= 11 is 0. The predicted octanol–water partition coefficient (Wildman–Crippen LogP) is 4.80. The van der Waals surface area contributed by atoms with Crippen LogP contribution in [0.4, 0.5) is 0 Å². The summed E-state index contributed by atoms with van der Waals surface area (Å²) in [7, 11) is 0. The second-order valence-electron chi connectivity index (χ2n) is 6.98. The van der Waals surface area contributed by atoms with Crippen molar-refractivity contribution < 1.29 is 19.1 Å². The second kappa shape index (κ2) is 7.47. The highest BCUT2D eigenvalue weighted by molar-refractivity contribution is 6.07. The summed E-state index contributed by atoms with van der Waals surface area (Å²) in [5, 5.41) is 1.82. The predicted molar refractivity (Wildman–Crippen MR) is 111 cm³/mol. The van der Waals surface area contributed by atoms with Crippen molar-refractivity contribution in [2.45, 2.75) is 27.4 Å². The van der Waals surface area contributed by atoms with Crippen LogP contribution in [0, 0.1) is 13.8 Å². The highest BCUT2D eigenvalue weighted by atomic mass is 16.5. The number of rotatable bonds is 5. The van der Waals surface area contributed by atoms with E-state index in [1.54, 1.807) is 13.0 Å². The summed E-state index contributed by atoms with van der Waals surface area (Å²) in [4.78, 5) is 31.0. The molecule has 0 aliphatic heterocycles. The van der Waals surface area contributed by atoms with Gasteiger partial charge in [0.15, 0.2) is 0 Å². The van der Waals surface area contributed by atoms with Crippen LogP contribution in [0.3, 0.4) is 0 Å². The van der Waals surface area contributed by atoms with Crippen LogP contribution in [-0.4, -0.2) is 28.5 Å². The molecule has 2 aromatic heterocycles. The van der Waals surface area contributed by atoms with Gasteiger partial charge in [0.2, 0.25) is 0 Å². The van der Waals surface area contributed by atoms with Crippen LogP contribution in [0.5, 0.6) is 0 Å². The molecule has 2 N–H and O–H groups in total. The lowest BCUT2D eigenvalue weighted by atomic mass is 10.0. The molecule has 0 unspecified atom stereocenters.